The van der Waals surface area contributed by atoms with E-state index in [1.165, 1.54) is 9.77 Å². The maximum absolute atomic E-state index is 10.0. The number of aliphatic hydroxyl groups is 1. The van der Waals surface area contributed by atoms with Gasteiger partial charge in [0.2, 0.25) is 0 Å². The summed E-state index contributed by atoms with van der Waals surface area (Å²) in [5.74, 6) is 0.714. The van der Waals surface area contributed by atoms with E-state index in [1.807, 2.05) is 17.5 Å². The van der Waals surface area contributed by atoms with Gasteiger partial charge in [-0.2, -0.15) is 0 Å². The zero-order valence-corrected chi connectivity index (χ0v) is 14.3. The normalized spacial score (nSPS) is 12.6. The number of rotatable bonds is 5. The van der Waals surface area contributed by atoms with Crippen LogP contribution in [0.3, 0.4) is 0 Å². The first-order valence-corrected chi connectivity index (χ1v) is 8.88. The summed E-state index contributed by atoms with van der Waals surface area (Å²) in [6.07, 6.45) is 0.414. The van der Waals surface area contributed by atoms with Crippen LogP contribution in [0.1, 0.15) is 4.88 Å². The van der Waals surface area contributed by atoms with Crippen LogP contribution in [-0.2, 0) is 6.42 Å². The van der Waals surface area contributed by atoms with E-state index >= 15 is 0 Å². The summed E-state index contributed by atoms with van der Waals surface area (Å²) in [4.78, 5) is 2.39. The van der Waals surface area contributed by atoms with Crippen LogP contribution in [0.2, 0.25) is 0 Å². The quantitative estimate of drug-likeness (QED) is 0.706. The summed E-state index contributed by atoms with van der Waals surface area (Å²) in [5.41, 5.74) is 0. The van der Waals surface area contributed by atoms with Crippen molar-refractivity contribution >= 4 is 55.0 Å². The first-order valence-electron chi connectivity index (χ1n) is 5.43. The van der Waals surface area contributed by atoms with Gasteiger partial charge in [-0.25, -0.2) is 0 Å². The Morgan fingerprint density at radius 2 is 2.06 bits per heavy atom. The summed E-state index contributed by atoms with van der Waals surface area (Å²) in [7, 11) is 0. The van der Waals surface area contributed by atoms with Crippen molar-refractivity contribution < 1.29 is 5.11 Å². The summed E-state index contributed by atoms with van der Waals surface area (Å²) in [6, 6.07) is 10.2. The van der Waals surface area contributed by atoms with Crippen molar-refractivity contribution in [2.45, 2.75) is 17.4 Å². The summed E-state index contributed by atoms with van der Waals surface area (Å²) in [6.45, 7) is 0. The number of aliphatic hydroxyl groups excluding tert-OH is 1. The van der Waals surface area contributed by atoms with Crippen LogP contribution in [-0.4, -0.2) is 17.0 Å². The van der Waals surface area contributed by atoms with Gasteiger partial charge in [-0.1, -0.05) is 22.0 Å². The van der Waals surface area contributed by atoms with Crippen LogP contribution in [0.4, 0.5) is 0 Å². The number of thioether (sulfide) groups is 1. The molecule has 1 nitrogen and oxygen atoms in total. The monoisotopic (exact) mass is 406 g/mol. The van der Waals surface area contributed by atoms with Crippen molar-refractivity contribution in [3.05, 3.63) is 49.5 Å². The van der Waals surface area contributed by atoms with E-state index < -0.39 is 0 Å². The van der Waals surface area contributed by atoms with Gasteiger partial charge in [0.25, 0.3) is 0 Å². The minimum atomic E-state index is -0.306. The maximum Gasteiger partial charge on any atom is 0.0682 e. The average Bonchev–Trinajstić information content (AvgIpc) is 2.72. The van der Waals surface area contributed by atoms with Gasteiger partial charge < -0.3 is 5.11 Å². The Hall–Kier alpha value is 0.190. The molecule has 18 heavy (non-hydrogen) atoms. The molecule has 0 aliphatic rings. The minimum Gasteiger partial charge on any atom is -0.392 e. The van der Waals surface area contributed by atoms with Gasteiger partial charge in [-0.05, 0) is 40.2 Å². The van der Waals surface area contributed by atoms with Crippen LogP contribution in [0.25, 0.3) is 0 Å². The molecule has 0 radical (unpaired) electrons. The zero-order chi connectivity index (χ0) is 13.0. The fraction of sp³-hybridized carbons (Fsp3) is 0.231. The topological polar surface area (TPSA) is 20.2 Å². The molecule has 2 aromatic rings. The standard InChI is InChI=1S/C13H12Br2OS2/c14-9-2-1-3-12(4-9)18-8-11(16)6-13-5-10(15)7-17-13/h1-5,7,11,16H,6,8H2. The fourth-order valence-corrected chi connectivity index (χ4v) is 4.46. The number of hydrogen-bond acceptors (Lipinski definition) is 3. The van der Waals surface area contributed by atoms with Crippen molar-refractivity contribution in [1.29, 1.82) is 0 Å². The summed E-state index contributed by atoms with van der Waals surface area (Å²) in [5, 5.41) is 12.0. The first-order chi connectivity index (χ1) is 8.63. The Labute approximate surface area is 132 Å². The van der Waals surface area contributed by atoms with Crippen LogP contribution >= 0.6 is 55.0 Å². The Bertz CT molecular complexity index is 513. The number of hydrogen-bond donors (Lipinski definition) is 1. The van der Waals surface area contributed by atoms with Crippen molar-refractivity contribution in [1.82, 2.24) is 0 Å². The van der Waals surface area contributed by atoms with Crippen LogP contribution in [0.15, 0.2) is 49.6 Å². The Balaban J connectivity index is 1.83. The van der Waals surface area contributed by atoms with Crippen molar-refractivity contribution in [2.24, 2.45) is 0 Å². The van der Waals surface area contributed by atoms with Gasteiger partial charge in [-0.15, -0.1) is 23.1 Å². The third-order valence-electron chi connectivity index (χ3n) is 2.30. The number of thiophene rings is 1. The molecule has 0 amide bonds. The summed E-state index contributed by atoms with van der Waals surface area (Å²) >= 11 is 10.2. The lowest BCUT2D eigenvalue weighted by Crippen LogP contribution is -2.12. The third kappa shape index (κ3) is 4.70. The van der Waals surface area contributed by atoms with E-state index in [0.29, 0.717) is 5.75 Å². The van der Waals surface area contributed by atoms with E-state index in [2.05, 4.69) is 50.1 Å². The largest absolute Gasteiger partial charge is 0.392 e. The highest BCUT2D eigenvalue weighted by Crippen LogP contribution is 2.25. The molecule has 0 aliphatic carbocycles. The van der Waals surface area contributed by atoms with E-state index in [-0.39, 0.29) is 6.10 Å². The van der Waals surface area contributed by atoms with E-state index in [9.17, 15) is 5.11 Å². The lowest BCUT2D eigenvalue weighted by atomic mass is 10.2. The Morgan fingerprint density at radius 3 is 2.72 bits per heavy atom. The number of halogens is 2. The maximum atomic E-state index is 10.0. The predicted octanol–water partition coefficient (Wildman–Crippen LogP) is 4.97. The van der Waals surface area contributed by atoms with Crippen LogP contribution in [0.5, 0.6) is 0 Å². The second-order valence-electron chi connectivity index (χ2n) is 3.86. The fourth-order valence-electron chi connectivity index (χ4n) is 1.50. The molecule has 1 aromatic heterocycles. The molecule has 5 heteroatoms. The Morgan fingerprint density at radius 1 is 1.22 bits per heavy atom. The van der Waals surface area contributed by atoms with E-state index in [0.717, 1.165) is 15.4 Å². The highest BCUT2D eigenvalue weighted by atomic mass is 79.9. The molecule has 0 aliphatic heterocycles. The molecule has 1 heterocycles. The molecule has 2 rings (SSSR count). The average molecular weight is 408 g/mol. The van der Waals surface area contributed by atoms with Gasteiger partial charge in [-0.3, -0.25) is 0 Å². The third-order valence-corrected chi connectivity index (χ3v) is 5.65. The minimum absolute atomic E-state index is 0.306. The zero-order valence-electron chi connectivity index (χ0n) is 9.48. The molecule has 1 N–H and O–H groups in total. The molecule has 0 bridgehead atoms. The van der Waals surface area contributed by atoms with Gasteiger partial charge in [0.05, 0.1) is 6.10 Å². The van der Waals surface area contributed by atoms with Crippen LogP contribution < -0.4 is 0 Å². The highest BCUT2D eigenvalue weighted by molar-refractivity contribution is 9.10. The van der Waals surface area contributed by atoms with Gasteiger partial charge in [0.15, 0.2) is 0 Å². The predicted molar refractivity (Wildman–Crippen MR) is 86.6 cm³/mol. The molecule has 0 fully saturated rings. The van der Waals surface area contributed by atoms with E-state index in [4.69, 9.17) is 0 Å². The molecule has 0 saturated carbocycles. The lowest BCUT2D eigenvalue weighted by Gasteiger charge is -2.09. The molecule has 96 valence electrons. The van der Waals surface area contributed by atoms with Crippen LogP contribution in [0, 0.1) is 0 Å². The lowest BCUT2D eigenvalue weighted by molar-refractivity contribution is 0.201. The molecule has 1 unspecified atom stereocenters. The van der Waals surface area contributed by atoms with E-state index in [1.54, 1.807) is 23.1 Å². The van der Waals surface area contributed by atoms with Crippen molar-refractivity contribution in [3.63, 3.8) is 0 Å². The number of benzene rings is 1. The summed E-state index contributed by atoms with van der Waals surface area (Å²) < 4.78 is 2.17. The first kappa shape index (κ1) is 14.6. The van der Waals surface area contributed by atoms with Gasteiger partial charge in [0, 0.05) is 36.3 Å². The molecule has 1 atom stereocenters. The second-order valence-corrected chi connectivity index (χ2v) is 7.78. The molecular weight excluding hydrogens is 396 g/mol. The molecule has 0 saturated heterocycles. The van der Waals surface area contributed by atoms with Crippen molar-refractivity contribution in [2.75, 3.05) is 5.75 Å². The van der Waals surface area contributed by atoms with Crippen molar-refractivity contribution in [3.8, 4) is 0 Å². The van der Waals surface area contributed by atoms with Gasteiger partial charge >= 0.3 is 0 Å². The highest BCUT2D eigenvalue weighted by Gasteiger charge is 2.08. The SMILES string of the molecule is OC(CSc1cccc(Br)c1)Cc1cc(Br)cs1. The molecule has 1 aromatic carbocycles. The smallest absolute Gasteiger partial charge is 0.0682 e. The molecular formula is C13H12Br2OS2. The molecule has 0 spiro atoms. The second kappa shape index (κ2) is 7.10. The van der Waals surface area contributed by atoms with Gasteiger partial charge in [0.1, 0.15) is 0 Å². The Kier molecular flexibility index (Phi) is 5.76.